The fourth-order valence-electron chi connectivity index (χ4n) is 2.81. The quantitative estimate of drug-likeness (QED) is 0.405. The van der Waals surface area contributed by atoms with E-state index in [1.165, 1.54) is 11.8 Å². The zero-order valence-electron chi connectivity index (χ0n) is 17.5. The summed E-state index contributed by atoms with van der Waals surface area (Å²) in [5.41, 5.74) is 5.62. The third-order valence-electron chi connectivity index (χ3n) is 4.54. The van der Waals surface area contributed by atoms with Gasteiger partial charge < -0.3 is 9.15 Å². The van der Waals surface area contributed by atoms with Gasteiger partial charge in [0.2, 0.25) is 0 Å². The Morgan fingerprint density at radius 3 is 2.53 bits per heavy atom. The van der Waals surface area contributed by atoms with E-state index < -0.39 is 0 Å². The zero-order valence-corrected chi connectivity index (χ0v) is 18.3. The van der Waals surface area contributed by atoms with Gasteiger partial charge >= 0.3 is 0 Å². The van der Waals surface area contributed by atoms with Crippen LogP contribution in [0.3, 0.4) is 0 Å². The molecule has 0 radical (unpaired) electrons. The number of benzene rings is 2. The van der Waals surface area contributed by atoms with E-state index in [9.17, 15) is 4.79 Å². The molecule has 3 aromatic rings. The third kappa shape index (κ3) is 5.74. The van der Waals surface area contributed by atoms with E-state index in [4.69, 9.17) is 20.8 Å². The van der Waals surface area contributed by atoms with E-state index in [-0.39, 0.29) is 17.9 Å². The van der Waals surface area contributed by atoms with Gasteiger partial charge in [-0.15, -0.1) is 0 Å². The number of furan rings is 1. The van der Waals surface area contributed by atoms with Gasteiger partial charge in [0.25, 0.3) is 5.91 Å². The number of hydrogen-bond donors (Lipinski definition) is 1. The number of halogens is 1. The van der Waals surface area contributed by atoms with E-state index in [0.717, 1.165) is 11.1 Å². The van der Waals surface area contributed by atoms with E-state index in [2.05, 4.69) is 37.4 Å². The van der Waals surface area contributed by atoms with Crippen molar-refractivity contribution in [1.29, 1.82) is 0 Å². The Morgan fingerprint density at radius 2 is 1.87 bits per heavy atom. The van der Waals surface area contributed by atoms with Crippen LogP contribution >= 0.6 is 11.6 Å². The second-order valence-corrected chi connectivity index (χ2v) is 8.46. The minimum absolute atomic E-state index is 0.0641. The predicted octanol–water partition coefficient (Wildman–Crippen LogP) is 5.74. The maximum Gasteiger partial charge on any atom is 0.277 e. The molecular weight excluding hydrogens is 400 g/mol. The molecule has 0 bridgehead atoms. The van der Waals surface area contributed by atoms with E-state index >= 15 is 0 Å². The summed E-state index contributed by atoms with van der Waals surface area (Å²) in [7, 11) is 0. The summed E-state index contributed by atoms with van der Waals surface area (Å²) in [4.78, 5) is 12.0. The van der Waals surface area contributed by atoms with Crippen LogP contribution in [0, 0.1) is 6.92 Å². The monoisotopic (exact) mass is 424 g/mol. The number of nitrogens with zero attached hydrogens (tertiary/aromatic N) is 1. The molecule has 0 saturated carbocycles. The first-order valence-electron chi connectivity index (χ1n) is 9.64. The number of amides is 1. The molecule has 1 heterocycles. The van der Waals surface area contributed by atoms with Crippen molar-refractivity contribution < 1.29 is 13.9 Å². The maximum absolute atomic E-state index is 12.0. The first kappa shape index (κ1) is 21.7. The number of rotatable bonds is 6. The second kappa shape index (κ2) is 9.18. The van der Waals surface area contributed by atoms with Crippen molar-refractivity contribution in [3.63, 3.8) is 0 Å². The molecule has 0 fully saturated rings. The van der Waals surface area contributed by atoms with Crippen molar-refractivity contribution >= 4 is 23.7 Å². The van der Waals surface area contributed by atoms with Crippen molar-refractivity contribution in [2.45, 2.75) is 33.1 Å². The average Bonchev–Trinajstić information content (AvgIpc) is 3.15. The van der Waals surface area contributed by atoms with Gasteiger partial charge in [0.1, 0.15) is 17.3 Å². The molecule has 5 nitrogen and oxygen atoms in total. The standard InChI is InChI=1S/C24H25ClN2O3/c1-16-13-18(24(2,3)4)7-11-21(16)29-15-23(28)27-26-14-20-10-12-22(30-20)17-5-8-19(25)9-6-17/h5-14H,15H2,1-4H3,(H,27,28)/b26-14+. The molecule has 0 aliphatic rings. The summed E-state index contributed by atoms with van der Waals surface area (Å²) < 4.78 is 11.3. The average molecular weight is 425 g/mol. The van der Waals surface area contributed by atoms with Gasteiger partial charge in [-0.2, -0.15) is 5.10 Å². The molecule has 0 aliphatic carbocycles. The van der Waals surface area contributed by atoms with Crippen LogP contribution in [-0.2, 0) is 10.2 Å². The summed E-state index contributed by atoms with van der Waals surface area (Å²) in [6.45, 7) is 8.32. The number of nitrogens with one attached hydrogen (secondary N) is 1. The van der Waals surface area contributed by atoms with Crippen LogP contribution in [0.4, 0.5) is 0 Å². The highest BCUT2D eigenvalue weighted by Gasteiger charge is 2.15. The molecule has 0 aliphatic heterocycles. The first-order chi connectivity index (χ1) is 14.2. The lowest BCUT2D eigenvalue weighted by atomic mass is 9.86. The third-order valence-corrected chi connectivity index (χ3v) is 4.79. The predicted molar refractivity (Wildman–Crippen MR) is 120 cm³/mol. The lowest BCUT2D eigenvalue weighted by Crippen LogP contribution is -2.24. The molecule has 30 heavy (non-hydrogen) atoms. The Bertz CT molecular complexity index is 1050. The largest absolute Gasteiger partial charge is 0.483 e. The molecular formula is C24H25ClN2O3. The molecule has 0 unspecified atom stereocenters. The lowest BCUT2D eigenvalue weighted by molar-refractivity contribution is -0.123. The number of hydrogen-bond acceptors (Lipinski definition) is 4. The van der Waals surface area contributed by atoms with Crippen molar-refractivity contribution in [2.24, 2.45) is 5.10 Å². The smallest absolute Gasteiger partial charge is 0.277 e. The van der Waals surface area contributed by atoms with Gasteiger partial charge in [-0.05, 0) is 65.9 Å². The molecule has 2 aromatic carbocycles. The zero-order chi connectivity index (χ0) is 21.7. The summed E-state index contributed by atoms with van der Waals surface area (Å²) in [6, 6.07) is 16.9. The topological polar surface area (TPSA) is 63.8 Å². The maximum atomic E-state index is 12.0. The number of hydrazone groups is 1. The van der Waals surface area contributed by atoms with Gasteiger partial charge in [-0.1, -0.05) is 44.5 Å². The summed E-state index contributed by atoms with van der Waals surface area (Å²) in [5, 5.41) is 4.59. The van der Waals surface area contributed by atoms with Gasteiger partial charge in [0.05, 0.1) is 6.21 Å². The van der Waals surface area contributed by atoms with Crippen LogP contribution < -0.4 is 10.2 Å². The molecule has 6 heteroatoms. The molecule has 156 valence electrons. The van der Waals surface area contributed by atoms with Crippen molar-refractivity contribution in [2.75, 3.05) is 6.61 Å². The van der Waals surface area contributed by atoms with Crippen LogP contribution in [0.25, 0.3) is 11.3 Å². The van der Waals surface area contributed by atoms with E-state index in [1.54, 1.807) is 18.2 Å². The minimum atomic E-state index is -0.352. The normalized spacial score (nSPS) is 11.6. The van der Waals surface area contributed by atoms with Crippen molar-refractivity contribution in [3.8, 4) is 17.1 Å². The Kier molecular flexibility index (Phi) is 6.63. The van der Waals surface area contributed by atoms with Gasteiger partial charge in [-0.3, -0.25) is 4.79 Å². The number of carbonyl (C=O) groups is 1. The van der Waals surface area contributed by atoms with Crippen LogP contribution in [0.2, 0.25) is 5.02 Å². The highest BCUT2D eigenvalue weighted by Crippen LogP contribution is 2.27. The van der Waals surface area contributed by atoms with Crippen LogP contribution in [-0.4, -0.2) is 18.7 Å². The summed E-state index contributed by atoms with van der Waals surface area (Å²) in [5.74, 6) is 1.54. The summed E-state index contributed by atoms with van der Waals surface area (Å²) >= 11 is 5.90. The number of aryl methyl sites for hydroxylation is 1. The Hall–Kier alpha value is -3.05. The van der Waals surface area contributed by atoms with E-state index in [0.29, 0.717) is 22.3 Å². The molecule has 3 rings (SSSR count). The van der Waals surface area contributed by atoms with Crippen molar-refractivity contribution in [3.05, 3.63) is 76.5 Å². The van der Waals surface area contributed by atoms with Gasteiger partial charge in [0, 0.05) is 10.6 Å². The molecule has 0 atom stereocenters. The highest BCUT2D eigenvalue weighted by molar-refractivity contribution is 6.30. The Morgan fingerprint density at radius 1 is 1.13 bits per heavy atom. The van der Waals surface area contributed by atoms with Crippen LogP contribution in [0.1, 0.15) is 37.7 Å². The fourth-order valence-corrected chi connectivity index (χ4v) is 2.94. The Balaban J connectivity index is 1.51. The molecule has 1 N–H and O–H groups in total. The SMILES string of the molecule is Cc1cc(C(C)(C)C)ccc1OCC(=O)N/N=C/c1ccc(-c2ccc(Cl)cc2)o1. The van der Waals surface area contributed by atoms with Gasteiger partial charge in [0.15, 0.2) is 6.61 Å². The minimum Gasteiger partial charge on any atom is -0.483 e. The molecule has 0 spiro atoms. The number of carbonyl (C=O) groups excluding carboxylic acids is 1. The highest BCUT2D eigenvalue weighted by atomic mass is 35.5. The summed E-state index contributed by atoms with van der Waals surface area (Å²) in [6.07, 6.45) is 1.45. The molecule has 1 aromatic heterocycles. The van der Waals surface area contributed by atoms with Crippen LogP contribution in [0.15, 0.2) is 64.1 Å². The first-order valence-corrected chi connectivity index (χ1v) is 10.0. The molecule has 0 saturated heterocycles. The Labute approximate surface area is 181 Å². The second-order valence-electron chi connectivity index (χ2n) is 8.02. The van der Waals surface area contributed by atoms with E-state index in [1.807, 2.05) is 37.3 Å². The van der Waals surface area contributed by atoms with Crippen molar-refractivity contribution in [1.82, 2.24) is 5.43 Å². The lowest BCUT2D eigenvalue weighted by Gasteiger charge is -2.20. The van der Waals surface area contributed by atoms with Gasteiger partial charge in [-0.25, -0.2) is 5.43 Å². The molecule has 1 amide bonds. The van der Waals surface area contributed by atoms with Crippen LogP contribution in [0.5, 0.6) is 5.75 Å². The fraction of sp³-hybridized carbons (Fsp3) is 0.250. The number of ether oxygens (including phenoxy) is 1.